The normalized spacial score (nSPS) is 12.9. The van der Waals surface area contributed by atoms with Crippen LogP contribution >= 0.6 is 11.5 Å². The number of hydrogen-bond acceptors (Lipinski definition) is 5. The van der Waals surface area contributed by atoms with Gasteiger partial charge >= 0.3 is 0 Å². The Balaban J connectivity index is 3.04. The summed E-state index contributed by atoms with van der Waals surface area (Å²) < 4.78 is 3.95. The first-order valence-electron chi connectivity index (χ1n) is 5.36. The molecule has 0 saturated heterocycles. The lowest BCUT2D eigenvalue weighted by Gasteiger charge is -2.15. The van der Waals surface area contributed by atoms with E-state index in [4.69, 9.17) is 5.84 Å². The number of aliphatic imine (C=N–C) groups is 1. The van der Waals surface area contributed by atoms with Gasteiger partial charge in [0.15, 0.2) is 5.84 Å². The van der Waals surface area contributed by atoms with Gasteiger partial charge in [-0.25, -0.2) is 5.84 Å². The van der Waals surface area contributed by atoms with Crippen LogP contribution in [0.4, 0.5) is 0 Å². The third-order valence-electron chi connectivity index (χ3n) is 1.84. The lowest BCUT2D eigenvalue weighted by atomic mass is 10.1. The van der Waals surface area contributed by atoms with Crippen molar-refractivity contribution in [2.75, 3.05) is 0 Å². The van der Waals surface area contributed by atoms with E-state index in [2.05, 4.69) is 26.9 Å². The Kier molecular flexibility index (Phi) is 4.37. The van der Waals surface area contributed by atoms with Gasteiger partial charge in [0.05, 0.1) is 11.2 Å². The fraction of sp³-hybridized carbons (Fsp3) is 0.700. The number of amidine groups is 1. The molecule has 0 saturated carbocycles. The first-order valence-corrected chi connectivity index (χ1v) is 6.13. The Morgan fingerprint density at radius 1 is 1.50 bits per heavy atom. The lowest BCUT2D eigenvalue weighted by Crippen LogP contribution is -2.33. The van der Waals surface area contributed by atoms with Gasteiger partial charge in [-0.1, -0.05) is 17.8 Å². The van der Waals surface area contributed by atoms with Gasteiger partial charge in [0.2, 0.25) is 0 Å². The number of aromatic nitrogens is 2. The third-order valence-corrected chi connectivity index (χ3v) is 2.62. The molecule has 0 aliphatic heterocycles. The molecule has 16 heavy (non-hydrogen) atoms. The second-order valence-corrected chi connectivity index (χ2v) is 5.33. The maximum atomic E-state index is 5.51. The zero-order valence-electron chi connectivity index (χ0n) is 10.2. The quantitative estimate of drug-likeness (QED) is 0.364. The fourth-order valence-electron chi connectivity index (χ4n) is 1.27. The minimum Gasteiger partial charge on any atom is -0.307 e. The highest BCUT2D eigenvalue weighted by atomic mass is 32.1. The van der Waals surface area contributed by atoms with E-state index in [0.717, 1.165) is 23.4 Å². The van der Waals surface area contributed by atoms with Crippen LogP contribution in [0.25, 0.3) is 0 Å². The number of nitrogens with zero attached hydrogens (tertiary/aromatic N) is 3. The highest BCUT2D eigenvalue weighted by Gasteiger charge is 2.16. The SMILES string of the molecule is CCCc1nnsc1C(=NC(C)(C)C)NN. The molecule has 0 unspecified atom stereocenters. The van der Waals surface area contributed by atoms with Crippen LogP contribution in [-0.4, -0.2) is 21.0 Å². The molecule has 0 fully saturated rings. The summed E-state index contributed by atoms with van der Waals surface area (Å²) in [5.74, 6) is 6.18. The Hall–Kier alpha value is -1.01. The second-order valence-electron chi connectivity index (χ2n) is 4.57. The highest BCUT2D eigenvalue weighted by molar-refractivity contribution is 7.08. The van der Waals surface area contributed by atoms with Gasteiger partial charge < -0.3 is 5.43 Å². The van der Waals surface area contributed by atoms with Crippen molar-refractivity contribution >= 4 is 17.4 Å². The number of hydrogen-bond donors (Lipinski definition) is 2. The minimum atomic E-state index is -0.171. The van der Waals surface area contributed by atoms with Crippen LogP contribution < -0.4 is 11.3 Å². The minimum absolute atomic E-state index is 0.171. The van der Waals surface area contributed by atoms with E-state index in [9.17, 15) is 0 Å². The molecular weight excluding hydrogens is 222 g/mol. The second kappa shape index (κ2) is 5.36. The molecule has 1 rings (SSSR count). The molecule has 0 amide bonds. The Morgan fingerprint density at radius 2 is 2.19 bits per heavy atom. The van der Waals surface area contributed by atoms with Crippen LogP contribution in [0, 0.1) is 0 Å². The van der Waals surface area contributed by atoms with E-state index in [1.54, 1.807) is 0 Å². The van der Waals surface area contributed by atoms with Crippen molar-refractivity contribution in [3.8, 4) is 0 Å². The van der Waals surface area contributed by atoms with Crippen LogP contribution in [0.3, 0.4) is 0 Å². The molecule has 0 atom stereocenters. The molecular formula is C10H19N5S. The van der Waals surface area contributed by atoms with Gasteiger partial charge in [-0.15, -0.1) is 5.10 Å². The standard InChI is InChI=1S/C10H19N5S/c1-5-6-7-8(16-15-14-7)9(13-11)12-10(2,3)4/h5-6,11H2,1-4H3,(H,12,13). The molecule has 1 heterocycles. The van der Waals surface area contributed by atoms with Crippen LogP contribution in [-0.2, 0) is 6.42 Å². The van der Waals surface area contributed by atoms with Gasteiger partial charge in [-0.05, 0) is 38.7 Å². The maximum Gasteiger partial charge on any atom is 0.156 e. The van der Waals surface area contributed by atoms with Gasteiger partial charge in [0.1, 0.15) is 4.88 Å². The Labute approximate surface area is 100 Å². The summed E-state index contributed by atoms with van der Waals surface area (Å²) >= 11 is 1.33. The Bertz CT molecular complexity index is 364. The molecule has 1 aromatic rings. The van der Waals surface area contributed by atoms with Crippen molar-refractivity contribution in [1.29, 1.82) is 0 Å². The largest absolute Gasteiger partial charge is 0.307 e. The molecule has 90 valence electrons. The predicted octanol–water partition coefficient (Wildman–Crippen LogP) is 1.50. The highest BCUT2D eigenvalue weighted by Crippen LogP contribution is 2.16. The summed E-state index contributed by atoms with van der Waals surface area (Å²) in [6.07, 6.45) is 1.93. The molecule has 0 aliphatic carbocycles. The molecule has 5 nitrogen and oxygen atoms in total. The first kappa shape index (κ1) is 13.1. The molecule has 0 radical (unpaired) electrons. The van der Waals surface area contributed by atoms with E-state index in [1.807, 2.05) is 20.8 Å². The van der Waals surface area contributed by atoms with Gasteiger partial charge in [0, 0.05) is 0 Å². The monoisotopic (exact) mass is 241 g/mol. The zero-order valence-corrected chi connectivity index (χ0v) is 11.1. The van der Waals surface area contributed by atoms with Crippen LogP contribution in [0.1, 0.15) is 44.7 Å². The molecule has 0 spiro atoms. The van der Waals surface area contributed by atoms with E-state index in [-0.39, 0.29) is 5.54 Å². The van der Waals surface area contributed by atoms with Crippen molar-refractivity contribution in [3.05, 3.63) is 10.6 Å². The molecule has 0 aromatic carbocycles. The van der Waals surface area contributed by atoms with Crippen molar-refractivity contribution in [3.63, 3.8) is 0 Å². The smallest absolute Gasteiger partial charge is 0.156 e. The van der Waals surface area contributed by atoms with Crippen LogP contribution in [0.15, 0.2) is 4.99 Å². The van der Waals surface area contributed by atoms with E-state index in [0.29, 0.717) is 5.84 Å². The van der Waals surface area contributed by atoms with E-state index < -0.39 is 0 Å². The summed E-state index contributed by atoms with van der Waals surface area (Å²) in [6.45, 7) is 8.19. The molecule has 0 bridgehead atoms. The van der Waals surface area contributed by atoms with Gasteiger partial charge in [-0.3, -0.25) is 4.99 Å². The number of nitrogens with two attached hydrogens (primary N) is 1. The van der Waals surface area contributed by atoms with Gasteiger partial charge in [0.25, 0.3) is 0 Å². The molecule has 3 N–H and O–H groups in total. The van der Waals surface area contributed by atoms with Gasteiger partial charge in [-0.2, -0.15) is 0 Å². The lowest BCUT2D eigenvalue weighted by molar-refractivity contribution is 0.580. The summed E-state index contributed by atoms with van der Waals surface area (Å²) in [7, 11) is 0. The predicted molar refractivity (Wildman–Crippen MR) is 67.5 cm³/mol. The average Bonchev–Trinajstić information content (AvgIpc) is 2.61. The van der Waals surface area contributed by atoms with Crippen LogP contribution in [0.2, 0.25) is 0 Å². The number of aryl methyl sites for hydroxylation is 1. The molecule has 1 aromatic heterocycles. The maximum absolute atomic E-state index is 5.51. The van der Waals surface area contributed by atoms with Crippen molar-refractivity contribution in [2.45, 2.75) is 46.1 Å². The van der Waals surface area contributed by atoms with E-state index >= 15 is 0 Å². The van der Waals surface area contributed by atoms with E-state index in [1.165, 1.54) is 11.5 Å². The number of rotatable bonds is 3. The Morgan fingerprint density at radius 3 is 2.69 bits per heavy atom. The summed E-state index contributed by atoms with van der Waals surface area (Å²) in [5, 5.41) is 4.10. The van der Waals surface area contributed by atoms with Crippen molar-refractivity contribution in [2.24, 2.45) is 10.8 Å². The summed E-state index contributed by atoms with van der Waals surface area (Å²) in [5.41, 5.74) is 3.43. The summed E-state index contributed by atoms with van der Waals surface area (Å²) in [4.78, 5) is 5.47. The first-order chi connectivity index (χ1) is 7.48. The number of nitrogens with one attached hydrogen (secondary N) is 1. The fourth-order valence-corrected chi connectivity index (χ4v) is 1.93. The van der Waals surface area contributed by atoms with Crippen molar-refractivity contribution < 1.29 is 0 Å². The molecule has 0 aliphatic rings. The number of hydrazine groups is 1. The average molecular weight is 241 g/mol. The molecule has 6 heteroatoms. The van der Waals surface area contributed by atoms with Crippen LogP contribution in [0.5, 0.6) is 0 Å². The zero-order chi connectivity index (χ0) is 12.2. The topological polar surface area (TPSA) is 76.2 Å². The summed E-state index contributed by atoms with van der Waals surface area (Å²) in [6, 6.07) is 0. The third kappa shape index (κ3) is 3.53. The van der Waals surface area contributed by atoms with Crippen molar-refractivity contribution in [1.82, 2.24) is 15.0 Å².